The Bertz CT molecular complexity index is 431. The lowest BCUT2D eigenvalue weighted by Crippen LogP contribution is -2.25. The molecule has 0 saturated heterocycles. The second-order valence-corrected chi connectivity index (χ2v) is 4.78. The zero-order chi connectivity index (χ0) is 14.8. The van der Waals surface area contributed by atoms with Crippen molar-refractivity contribution in [3.63, 3.8) is 0 Å². The summed E-state index contributed by atoms with van der Waals surface area (Å²) in [5.41, 5.74) is 0.532. The standard InChI is InChI=1S/C16H23NO3/c1-3-11-20-15-9-5-4-8-14(15)16(19)17-10-6-7-13(2)12-18/h3-5,8-9,13,18H,1,6-7,10-12H2,2H3,(H,17,19). The molecule has 4 nitrogen and oxygen atoms in total. The highest BCUT2D eigenvalue weighted by Gasteiger charge is 2.11. The van der Waals surface area contributed by atoms with Gasteiger partial charge in [0.05, 0.1) is 5.56 Å². The third-order valence-corrected chi connectivity index (χ3v) is 2.96. The first kappa shape index (κ1) is 16.2. The normalized spacial score (nSPS) is 11.7. The fraction of sp³-hybridized carbons (Fsp3) is 0.438. The van der Waals surface area contributed by atoms with Crippen LogP contribution >= 0.6 is 0 Å². The quantitative estimate of drug-likeness (QED) is 0.538. The van der Waals surface area contributed by atoms with Crippen LogP contribution in [0.5, 0.6) is 5.75 Å². The summed E-state index contributed by atoms with van der Waals surface area (Å²) in [4.78, 5) is 12.1. The maximum Gasteiger partial charge on any atom is 0.255 e. The van der Waals surface area contributed by atoms with E-state index in [0.717, 1.165) is 12.8 Å². The van der Waals surface area contributed by atoms with Crippen molar-refractivity contribution in [2.75, 3.05) is 19.8 Å². The van der Waals surface area contributed by atoms with Gasteiger partial charge in [0.15, 0.2) is 0 Å². The molecule has 0 radical (unpaired) electrons. The summed E-state index contributed by atoms with van der Waals surface area (Å²) in [5, 5.41) is 11.8. The van der Waals surface area contributed by atoms with Crippen LogP contribution in [-0.2, 0) is 0 Å². The second kappa shape index (κ2) is 9.15. The van der Waals surface area contributed by atoms with Gasteiger partial charge in [-0.3, -0.25) is 4.79 Å². The summed E-state index contributed by atoms with van der Waals surface area (Å²) in [6.07, 6.45) is 3.39. The molecule has 0 aromatic heterocycles. The molecule has 0 aliphatic rings. The molecular formula is C16H23NO3. The van der Waals surface area contributed by atoms with Crippen LogP contribution in [0.1, 0.15) is 30.1 Å². The van der Waals surface area contributed by atoms with Crippen molar-refractivity contribution in [1.82, 2.24) is 5.32 Å². The minimum atomic E-state index is -0.138. The minimum Gasteiger partial charge on any atom is -0.489 e. The van der Waals surface area contributed by atoms with E-state index in [2.05, 4.69) is 11.9 Å². The maximum absolute atomic E-state index is 12.1. The highest BCUT2D eigenvalue weighted by atomic mass is 16.5. The van der Waals surface area contributed by atoms with E-state index in [9.17, 15) is 4.79 Å². The Morgan fingerprint density at radius 3 is 2.95 bits per heavy atom. The molecule has 1 unspecified atom stereocenters. The zero-order valence-corrected chi connectivity index (χ0v) is 12.0. The molecule has 0 spiro atoms. The monoisotopic (exact) mass is 277 g/mol. The van der Waals surface area contributed by atoms with Gasteiger partial charge in [0, 0.05) is 13.2 Å². The van der Waals surface area contributed by atoms with E-state index < -0.39 is 0 Å². The van der Waals surface area contributed by atoms with Gasteiger partial charge < -0.3 is 15.2 Å². The number of aliphatic hydroxyl groups excluding tert-OH is 1. The highest BCUT2D eigenvalue weighted by Crippen LogP contribution is 2.17. The predicted octanol–water partition coefficient (Wildman–Crippen LogP) is 2.39. The van der Waals surface area contributed by atoms with Gasteiger partial charge in [0.2, 0.25) is 0 Å². The smallest absolute Gasteiger partial charge is 0.255 e. The summed E-state index contributed by atoms with van der Waals surface area (Å²) >= 11 is 0. The van der Waals surface area contributed by atoms with Gasteiger partial charge in [-0.1, -0.05) is 31.7 Å². The van der Waals surface area contributed by atoms with Crippen molar-refractivity contribution in [3.05, 3.63) is 42.5 Å². The third-order valence-electron chi connectivity index (χ3n) is 2.96. The molecule has 1 atom stereocenters. The fourth-order valence-electron chi connectivity index (χ4n) is 1.77. The Balaban J connectivity index is 2.48. The lowest BCUT2D eigenvalue weighted by Gasteiger charge is -2.11. The largest absolute Gasteiger partial charge is 0.489 e. The SMILES string of the molecule is C=CCOc1ccccc1C(=O)NCCCC(C)CO. The van der Waals surface area contributed by atoms with Crippen LogP contribution < -0.4 is 10.1 Å². The number of hydrogen-bond acceptors (Lipinski definition) is 3. The summed E-state index contributed by atoms with van der Waals surface area (Å²) < 4.78 is 5.46. The Hall–Kier alpha value is -1.81. The van der Waals surface area contributed by atoms with Crippen LogP contribution in [0.25, 0.3) is 0 Å². The molecular weight excluding hydrogens is 254 g/mol. The molecule has 0 aliphatic heterocycles. The summed E-state index contributed by atoms with van der Waals surface area (Å²) in [6.45, 7) is 6.73. The Morgan fingerprint density at radius 2 is 2.25 bits per heavy atom. The number of ether oxygens (including phenoxy) is 1. The zero-order valence-electron chi connectivity index (χ0n) is 12.0. The first-order valence-corrected chi connectivity index (χ1v) is 6.90. The molecule has 1 aromatic carbocycles. The molecule has 2 N–H and O–H groups in total. The van der Waals surface area contributed by atoms with Gasteiger partial charge in [-0.15, -0.1) is 0 Å². The van der Waals surface area contributed by atoms with Crippen molar-refractivity contribution < 1.29 is 14.6 Å². The minimum absolute atomic E-state index is 0.138. The van der Waals surface area contributed by atoms with Gasteiger partial charge >= 0.3 is 0 Å². The molecule has 20 heavy (non-hydrogen) atoms. The number of carbonyl (C=O) groups is 1. The van der Waals surface area contributed by atoms with E-state index in [1.54, 1.807) is 18.2 Å². The number of carbonyl (C=O) groups excluding carboxylic acids is 1. The molecule has 0 bridgehead atoms. The van der Waals surface area contributed by atoms with E-state index in [0.29, 0.717) is 24.5 Å². The first-order valence-electron chi connectivity index (χ1n) is 6.90. The van der Waals surface area contributed by atoms with E-state index in [1.807, 2.05) is 19.1 Å². The predicted molar refractivity (Wildman–Crippen MR) is 80.0 cm³/mol. The van der Waals surface area contributed by atoms with Crippen LogP contribution in [0.3, 0.4) is 0 Å². The van der Waals surface area contributed by atoms with Crippen molar-refractivity contribution in [1.29, 1.82) is 0 Å². The third kappa shape index (κ3) is 5.45. The van der Waals surface area contributed by atoms with Crippen LogP contribution in [0.2, 0.25) is 0 Å². The number of rotatable bonds is 9. The van der Waals surface area contributed by atoms with E-state index in [1.165, 1.54) is 0 Å². The van der Waals surface area contributed by atoms with Crippen molar-refractivity contribution in [2.45, 2.75) is 19.8 Å². The number of benzene rings is 1. The van der Waals surface area contributed by atoms with E-state index in [-0.39, 0.29) is 18.4 Å². The summed E-state index contributed by atoms with van der Waals surface area (Å²) in [5.74, 6) is 0.699. The molecule has 0 aliphatic carbocycles. The number of nitrogens with one attached hydrogen (secondary N) is 1. The molecule has 1 rings (SSSR count). The fourth-order valence-corrected chi connectivity index (χ4v) is 1.77. The average molecular weight is 277 g/mol. The number of amides is 1. The van der Waals surface area contributed by atoms with Crippen molar-refractivity contribution in [2.24, 2.45) is 5.92 Å². The molecule has 0 fully saturated rings. The molecule has 0 saturated carbocycles. The first-order chi connectivity index (χ1) is 9.69. The van der Waals surface area contributed by atoms with Crippen LogP contribution in [0, 0.1) is 5.92 Å². The summed E-state index contributed by atoms with van der Waals surface area (Å²) in [7, 11) is 0. The van der Waals surface area contributed by atoms with Crippen molar-refractivity contribution in [3.8, 4) is 5.75 Å². The van der Waals surface area contributed by atoms with Crippen LogP contribution in [-0.4, -0.2) is 30.8 Å². The van der Waals surface area contributed by atoms with Gasteiger partial charge in [0.1, 0.15) is 12.4 Å². The Labute approximate surface area is 120 Å². The topological polar surface area (TPSA) is 58.6 Å². The summed E-state index contributed by atoms with van der Waals surface area (Å²) in [6, 6.07) is 7.15. The number of para-hydroxylation sites is 1. The Kier molecular flexibility index (Phi) is 7.43. The van der Waals surface area contributed by atoms with Gasteiger partial charge in [-0.25, -0.2) is 0 Å². The van der Waals surface area contributed by atoms with Crippen molar-refractivity contribution >= 4 is 5.91 Å². The number of aliphatic hydroxyl groups is 1. The van der Waals surface area contributed by atoms with E-state index in [4.69, 9.17) is 9.84 Å². The maximum atomic E-state index is 12.1. The molecule has 4 heteroatoms. The molecule has 0 heterocycles. The van der Waals surface area contributed by atoms with Crippen LogP contribution in [0.15, 0.2) is 36.9 Å². The number of hydrogen-bond donors (Lipinski definition) is 2. The molecule has 110 valence electrons. The Morgan fingerprint density at radius 1 is 1.50 bits per heavy atom. The van der Waals surface area contributed by atoms with Crippen LogP contribution in [0.4, 0.5) is 0 Å². The van der Waals surface area contributed by atoms with E-state index >= 15 is 0 Å². The van der Waals surface area contributed by atoms with Gasteiger partial charge in [0.25, 0.3) is 5.91 Å². The van der Waals surface area contributed by atoms with Gasteiger partial charge in [-0.05, 0) is 30.9 Å². The lowest BCUT2D eigenvalue weighted by atomic mass is 10.1. The lowest BCUT2D eigenvalue weighted by molar-refractivity contribution is 0.0948. The highest BCUT2D eigenvalue weighted by molar-refractivity contribution is 5.96. The second-order valence-electron chi connectivity index (χ2n) is 4.78. The van der Waals surface area contributed by atoms with Gasteiger partial charge in [-0.2, -0.15) is 0 Å². The molecule has 1 amide bonds. The molecule has 1 aromatic rings. The average Bonchev–Trinajstić information content (AvgIpc) is 2.49.